The van der Waals surface area contributed by atoms with Crippen molar-refractivity contribution in [1.29, 1.82) is 0 Å². The molecule has 7 heteroatoms. The molecule has 0 atom stereocenters. The minimum Gasteiger partial charge on any atom is -0.236 e. The van der Waals surface area contributed by atoms with Crippen LogP contribution in [0.15, 0.2) is 0 Å². The number of nitrogens with zero attached hydrogens (tertiary/aromatic N) is 2. The van der Waals surface area contributed by atoms with Gasteiger partial charge in [0.1, 0.15) is 17.4 Å². The normalized spacial score (nSPS) is 11.9. The van der Waals surface area contributed by atoms with E-state index in [2.05, 4.69) is 9.97 Å². The molecule has 1 rings (SSSR count). The van der Waals surface area contributed by atoms with Gasteiger partial charge in [0.2, 0.25) is 0 Å². The van der Waals surface area contributed by atoms with E-state index in [-0.39, 0.29) is 11.0 Å². The zero-order chi connectivity index (χ0) is 11.6. The van der Waals surface area contributed by atoms with E-state index in [1.54, 1.807) is 6.92 Å². The highest BCUT2D eigenvalue weighted by Crippen LogP contribution is 2.23. The number of alkyl halides is 3. The number of aryl methyl sites for hydroxylation is 1. The first kappa shape index (κ1) is 13.0. The number of rotatable bonds is 2. The second-order valence-corrected chi connectivity index (χ2v) is 4.27. The van der Waals surface area contributed by atoms with Crippen molar-refractivity contribution in [1.82, 2.24) is 9.97 Å². The predicted octanol–water partition coefficient (Wildman–Crippen LogP) is 3.40. The lowest BCUT2D eigenvalue weighted by Crippen LogP contribution is -2.15. The average molecular weight is 351 g/mol. The molecule has 2 nitrogen and oxygen atoms in total. The summed E-state index contributed by atoms with van der Waals surface area (Å²) in [6, 6.07) is 0. The number of hydrogen-bond donors (Lipinski definition) is 0. The van der Waals surface area contributed by atoms with E-state index >= 15 is 0 Å². The minimum atomic E-state index is -4.30. The Morgan fingerprint density at radius 3 is 2.40 bits per heavy atom. The molecule has 1 heterocycles. The van der Waals surface area contributed by atoms with Crippen LogP contribution < -0.4 is 0 Å². The van der Waals surface area contributed by atoms with Crippen LogP contribution in [0.5, 0.6) is 0 Å². The molecule has 1 aromatic rings. The first-order chi connectivity index (χ1) is 6.83. The SMILES string of the molecule is CCc1nc(CC(F)(F)F)nc(Cl)c1I. The van der Waals surface area contributed by atoms with Crippen LogP contribution in [0.4, 0.5) is 13.2 Å². The van der Waals surface area contributed by atoms with Crippen molar-refractivity contribution in [3.63, 3.8) is 0 Å². The average Bonchev–Trinajstić information content (AvgIpc) is 2.08. The van der Waals surface area contributed by atoms with Gasteiger partial charge in [-0.2, -0.15) is 13.2 Å². The first-order valence-electron chi connectivity index (χ1n) is 4.11. The summed E-state index contributed by atoms with van der Waals surface area (Å²) in [5.74, 6) is -0.273. The number of aromatic nitrogens is 2. The molecule has 0 spiro atoms. The molecular formula is C8H7ClF3IN2. The molecule has 1 aromatic heterocycles. The number of halogens is 5. The summed E-state index contributed by atoms with van der Waals surface area (Å²) in [4.78, 5) is 7.41. The van der Waals surface area contributed by atoms with Gasteiger partial charge in [0, 0.05) is 0 Å². The molecule has 84 valence electrons. The molecule has 0 aliphatic rings. The third-order valence-electron chi connectivity index (χ3n) is 1.62. The van der Waals surface area contributed by atoms with E-state index in [0.717, 1.165) is 0 Å². The topological polar surface area (TPSA) is 25.8 Å². The summed E-state index contributed by atoms with van der Waals surface area (Å²) in [6.07, 6.45) is -4.91. The van der Waals surface area contributed by atoms with E-state index in [1.165, 1.54) is 0 Å². The van der Waals surface area contributed by atoms with E-state index < -0.39 is 12.6 Å². The van der Waals surface area contributed by atoms with E-state index in [0.29, 0.717) is 15.7 Å². The largest absolute Gasteiger partial charge is 0.396 e. The van der Waals surface area contributed by atoms with E-state index in [4.69, 9.17) is 11.6 Å². The standard InChI is InChI=1S/C8H7ClF3IN2/c1-2-4-6(13)7(9)15-5(14-4)3-8(10,11)12/h2-3H2,1H3. The Labute approximate surface area is 103 Å². The van der Waals surface area contributed by atoms with Crippen molar-refractivity contribution in [2.24, 2.45) is 0 Å². The second-order valence-electron chi connectivity index (χ2n) is 2.84. The highest BCUT2D eigenvalue weighted by atomic mass is 127. The maximum atomic E-state index is 12.1. The van der Waals surface area contributed by atoms with Crippen LogP contribution in [0.2, 0.25) is 5.15 Å². The Morgan fingerprint density at radius 2 is 1.93 bits per heavy atom. The zero-order valence-corrected chi connectivity index (χ0v) is 10.6. The van der Waals surface area contributed by atoms with Gasteiger partial charge in [-0.25, -0.2) is 9.97 Å². The maximum Gasteiger partial charge on any atom is 0.396 e. The molecule has 0 amide bonds. The monoisotopic (exact) mass is 350 g/mol. The molecule has 0 fully saturated rings. The van der Waals surface area contributed by atoms with Crippen LogP contribution >= 0.6 is 34.2 Å². The third-order valence-corrected chi connectivity index (χ3v) is 3.35. The summed E-state index contributed by atoms with van der Waals surface area (Å²) in [7, 11) is 0. The molecule has 15 heavy (non-hydrogen) atoms. The van der Waals surface area contributed by atoms with Crippen LogP contribution in [-0.4, -0.2) is 16.1 Å². The fourth-order valence-corrected chi connectivity index (χ4v) is 1.83. The molecule has 0 N–H and O–H groups in total. The van der Waals surface area contributed by atoms with Crippen LogP contribution in [0.25, 0.3) is 0 Å². The highest BCUT2D eigenvalue weighted by Gasteiger charge is 2.30. The summed E-state index contributed by atoms with van der Waals surface area (Å²) in [6.45, 7) is 1.80. The Bertz CT molecular complexity index is 368. The molecule has 0 saturated carbocycles. The molecule has 0 aromatic carbocycles. The first-order valence-corrected chi connectivity index (χ1v) is 5.56. The summed E-state index contributed by atoms with van der Waals surface area (Å²) in [5.41, 5.74) is 0.551. The Morgan fingerprint density at radius 1 is 1.33 bits per heavy atom. The quantitative estimate of drug-likeness (QED) is 0.603. The lowest BCUT2D eigenvalue weighted by molar-refractivity contribution is -0.128. The Hall–Kier alpha value is -0.110. The van der Waals surface area contributed by atoms with Gasteiger partial charge in [0.15, 0.2) is 0 Å². The van der Waals surface area contributed by atoms with Gasteiger partial charge in [-0.1, -0.05) is 18.5 Å². The van der Waals surface area contributed by atoms with Gasteiger partial charge in [0.05, 0.1) is 9.26 Å². The lowest BCUT2D eigenvalue weighted by Gasteiger charge is -2.08. The Balaban J connectivity index is 3.06. The van der Waals surface area contributed by atoms with Crippen molar-refractivity contribution in [2.75, 3.05) is 0 Å². The van der Waals surface area contributed by atoms with Crippen LogP contribution in [0, 0.1) is 3.57 Å². The third kappa shape index (κ3) is 3.75. The fourth-order valence-electron chi connectivity index (χ4n) is 1.00. The minimum absolute atomic E-state index is 0.0849. The second kappa shape index (κ2) is 4.82. The van der Waals surface area contributed by atoms with Gasteiger partial charge in [-0.05, 0) is 29.0 Å². The van der Waals surface area contributed by atoms with Crippen LogP contribution in [0.3, 0.4) is 0 Å². The summed E-state index contributed by atoms with van der Waals surface area (Å²) >= 11 is 7.62. The van der Waals surface area contributed by atoms with Crippen molar-refractivity contribution < 1.29 is 13.2 Å². The predicted molar refractivity (Wildman–Crippen MR) is 58.9 cm³/mol. The molecular weight excluding hydrogens is 343 g/mol. The molecule has 0 saturated heterocycles. The summed E-state index contributed by atoms with van der Waals surface area (Å²) < 4.78 is 36.9. The van der Waals surface area contributed by atoms with Gasteiger partial charge in [-0.3, -0.25) is 0 Å². The molecule has 0 radical (unpaired) electrons. The van der Waals surface area contributed by atoms with Crippen molar-refractivity contribution in [3.05, 3.63) is 20.2 Å². The lowest BCUT2D eigenvalue weighted by atomic mass is 10.3. The van der Waals surface area contributed by atoms with Gasteiger partial charge in [0.25, 0.3) is 0 Å². The molecule has 0 unspecified atom stereocenters. The summed E-state index contributed by atoms with van der Waals surface area (Å²) in [5, 5.41) is 0.0849. The van der Waals surface area contributed by atoms with Gasteiger partial charge >= 0.3 is 6.18 Å². The Kier molecular flexibility index (Phi) is 4.16. The zero-order valence-electron chi connectivity index (χ0n) is 7.70. The van der Waals surface area contributed by atoms with Crippen LogP contribution in [0.1, 0.15) is 18.4 Å². The van der Waals surface area contributed by atoms with Gasteiger partial charge < -0.3 is 0 Å². The molecule has 0 bridgehead atoms. The fraction of sp³-hybridized carbons (Fsp3) is 0.500. The maximum absolute atomic E-state index is 12.1. The van der Waals surface area contributed by atoms with E-state index in [1.807, 2.05) is 22.6 Å². The van der Waals surface area contributed by atoms with Crippen molar-refractivity contribution >= 4 is 34.2 Å². The van der Waals surface area contributed by atoms with Crippen LogP contribution in [-0.2, 0) is 12.8 Å². The van der Waals surface area contributed by atoms with E-state index in [9.17, 15) is 13.2 Å². The van der Waals surface area contributed by atoms with Gasteiger partial charge in [-0.15, -0.1) is 0 Å². The molecule has 0 aliphatic heterocycles. The van der Waals surface area contributed by atoms with Crippen molar-refractivity contribution in [3.8, 4) is 0 Å². The highest BCUT2D eigenvalue weighted by molar-refractivity contribution is 14.1. The molecule has 0 aliphatic carbocycles. The number of hydrogen-bond acceptors (Lipinski definition) is 2. The smallest absolute Gasteiger partial charge is 0.236 e. The van der Waals surface area contributed by atoms with Crippen molar-refractivity contribution in [2.45, 2.75) is 25.9 Å².